The average molecular weight is 545 g/mol. The first-order chi connectivity index (χ1) is 19.3. The molecule has 0 saturated carbocycles. The van der Waals surface area contributed by atoms with Crippen LogP contribution >= 0.6 is 0 Å². The van der Waals surface area contributed by atoms with E-state index in [0.29, 0.717) is 19.4 Å². The Kier molecular flexibility index (Phi) is 9.78. The van der Waals surface area contributed by atoms with Gasteiger partial charge in [0, 0.05) is 18.5 Å². The van der Waals surface area contributed by atoms with Gasteiger partial charge < -0.3 is 24.8 Å². The van der Waals surface area contributed by atoms with Crippen LogP contribution in [0.2, 0.25) is 0 Å². The molecule has 3 aromatic carbocycles. The van der Waals surface area contributed by atoms with Crippen LogP contribution in [-0.4, -0.2) is 53.4 Å². The molecular weight excluding hydrogens is 508 g/mol. The minimum Gasteiger partial charge on any atom is -0.480 e. The van der Waals surface area contributed by atoms with Crippen molar-refractivity contribution >= 4 is 18.2 Å². The number of amides is 2. The Balaban J connectivity index is 1.24. The monoisotopic (exact) mass is 544 g/mol. The van der Waals surface area contributed by atoms with E-state index in [0.717, 1.165) is 27.8 Å². The van der Waals surface area contributed by atoms with E-state index in [4.69, 9.17) is 9.47 Å². The zero-order valence-corrected chi connectivity index (χ0v) is 22.9. The number of fused-ring (bicyclic) bond motifs is 3. The molecule has 210 valence electrons. The Morgan fingerprint density at radius 3 is 2.05 bits per heavy atom. The molecule has 0 radical (unpaired) electrons. The summed E-state index contributed by atoms with van der Waals surface area (Å²) in [6.07, 6.45) is 0.0997. The van der Waals surface area contributed by atoms with Crippen LogP contribution in [0, 0.1) is 0 Å². The number of hydrogen-bond donors (Lipinski definition) is 2. The molecule has 0 unspecified atom stereocenters. The number of carbonyl (C=O) groups is 3. The van der Waals surface area contributed by atoms with E-state index in [1.54, 1.807) is 4.90 Å². The summed E-state index contributed by atoms with van der Waals surface area (Å²) >= 11 is 0. The fraction of sp³-hybridized carbons (Fsp3) is 0.344. The van der Waals surface area contributed by atoms with Gasteiger partial charge in [-0.3, -0.25) is 0 Å². The van der Waals surface area contributed by atoms with Gasteiger partial charge >= 0.3 is 18.2 Å². The Morgan fingerprint density at radius 2 is 1.45 bits per heavy atom. The Bertz CT molecular complexity index is 1260. The van der Waals surface area contributed by atoms with E-state index in [1.165, 1.54) is 0 Å². The Morgan fingerprint density at radius 1 is 0.850 bits per heavy atom. The number of aliphatic carboxylic acids is 1. The SMILES string of the molecule is CC(C)N(CCCC[C@H](NC(=O)OCC1c2ccccc2-c2ccccc21)C(=O)O)C(=O)OCc1ccccc1. The molecule has 0 bridgehead atoms. The van der Waals surface area contributed by atoms with Crippen LogP contribution in [0.5, 0.6) is 0 Å². The zero-order valence-electron chi connectivity index (χ0n) is 22.9. The maximum atomic E-state index is 12.6. The maximum Gasteiger partial charge on any atom is 0.410 e. The molecule has 0 spiro atoms. The van der Waals surface area contributed by atoms with Crippen LogP contribution in [0.15, 0.2) is 78.9 Å². The molecule has 0 saturated heterocycles. The smallest absolute Gasteiger partial charge is 0.410 e. The van der Waals surface area contributed by atoms with Crippen LogP contribution in [0.25, 0.3) is 11.1 Å². The minimum absolute atomic E-state index is 0.0718. The van der Waals surface area contributed by atoms with Crippen molar-refractivity contribution in [2.24, 2.45) is 0 Å². The predicted octanol–water partition coefficient (Wildman–Crippen LogP) is 6.20. The molecule has 1 aliphatic rings. The normalized spacial score (nSPS) is 12.8. The van der Waals surface area contributed by atoms with Crippen LogP contribution in [0.4, 0.5) is 9.59 Å². The number of carboxylic acid groups (broad SMARTS) is 1. The van der Waals surface area contributed by atoms with Gasteiger partial charge in [-0.25, -0.2) is 14.4 Å². The van der Waals surface area contributed by atoms with Gasteiger partial charge in [-0.1, -0.05) is 78.9 Å². The topological polar surface area (TPSA) is 105 Å². The lowest BCUT2D eigenvalue weighted by Gasteiger charge is -2.26. The third kappa shape index (κ3) is 7.20. The third-order valence-electron chi connectivity index (χ3n) is 7.14. The van der Waals surface area contributed by atoms with Crippen LogP contribution in [0.3, 0.4) is 0 Å². The van der Waals surface area contributed by atoms with Crippen molar-refractivity contribution < 1.29 is 29.0 Å². The second-order valence-corrected chi connectivity index (χ2v) is 10.2. The molecule has 1 aliphatic carbocycles. The number of unbranched alkanes of at least 4 members (excludes halogenated alkanes) is 1. The third-order valence-corrected chi connectivity index (χ3v) is 7.14. The quantitative estimate of drug-likeness (QED) is 0.263. The van der Waals surface area contributed by atoms with Crippen molar-refractivity contribution in [3.8, 4) is 11.1 Å². The summed E-state index contributed by atoms with van der Waals surface area (Å²) in [4.78, 5) is 38.6. The number of nitrogens with zero attached hydrogens (tertiary/aromatic N) is 1. The van der Waals surface area contributed by atoms with Crippen LogP contribution in [0.1, 0.15) is 55.7 Å². The molecule has 0 fully saturated rings. The summed E-state index contributed by atoms with van der Waals surface area (Å²) in [5.41, 5.74) is 5.32. The number of benzene rings is 3. The molecule has 3 aromatic rings. The highest BCUT2D eigenvalue weighted by atomic mass is 16.6. The highest BCUT2D eigenvalue weighted by Gasteiger charge is 2.30. The number of ether oxygens (including phenoxy) is 2. The van der Waals surface area contributed by atoms with Crippen LogP contribution < -0.4 is 5.32 Å². The van der Waals surface area contributed by atoms with E-state index in [2.05, 4.69) is 17.4 Å². The minimum atomic E-state index is -1.13. The number of alkyl carbamates (subject to hydrolysis) is 1. The standard InChI is InChI=1S/C32H36N2O6/c1-22(2)34(32(38)40-20-23-12-4-3-5-13-23)19-11-10-18-29(30(35)36)33-31(37)39-21-28-26-16-8-6-14-24(26)25-15-7-9-17-27(25)28/h3-9,12-17,22,28-29H,10-11,18-21H2,1-2H3,(H,33,37)(H,35,36)/t29-/m0/s1. The molecule has 2 N–H and O–H groups in total. The van der Waals surface area contributed by atoms with E-state index in [1.807, 2.05) is 80.6 Å². The summed E-state index contributed by atoms with van der Waals surface area (Å²) in [5, 5.41) is 12.2. The van der Waals surface area contributed by atoms with E-state index in [-0.39, 0.29) is 31.6 Å². The van der Waals surface area contributed by atoms with Gasteiger partial charge in [0.15, 0.2) is 0 Å². The highest BCUT2D eigenvalue weighted by molar-refractivity contribution is 5.81. The zero-order chi connectivity index (χ0) is 28.5. The van der Waals surface area contributed by atoms with Crippen molar-refractivity contribution in [1.29, 1.82) is 0 Å². The lowest BCUT2D eigenvalue weighted by molar-refractivity contribution is -0.139. The lowest BCUT2D eigenvalue weighted by Crippen LogP contribution is -2.41. The molecule has 0 aromatic heterocycles. The molecule has 1 atom stereocenters. The molecular formula is C32H36N2O6. The Hall–Kier alpha value is -4.33. The van der Waals surface area contributed by atoms with Gasteiger partial charge in [-0.05, 0) is 60.9 Å². The molecule has 2 amide bonds. The molecule has 0 heterocycles. The summed E-state index contributed by atoms with van der Waals surface area (Å²) < 4.78 is 11.0. The average Bonchev–Trinajstić information content (AvgIpc) is 3.28. The van der Waals surface area contributed by atoms with Gasteiger partial charge in [-0.15, -0.1) is 0 Å². The number of carboxylic acids is 1. The predicted molar refractivity (Wildman–Crippen MR) is 152 cm³/mol. The fourth-order valence-corrected chi connectivity index (χ4v) is 5.03. The van der Waals surface area contributed by atoms with Crippen molar-refractivity contribution in [1.82, 2.24) is 10.2 Å². The summed E-state index contributed by atoms with van der Waals surface area (Å²) in [6, 6.07) is 24.3. The van der Waals surface area contributed by atoms with Gasteiger partial charge in [-0.2, -0.15) is 0 Å². The van der Waals surface area contributed by atoms with Crippen molar-refractivity contribution in [2.45, 2.75) is 57.7 Å². The van der Waals surface area contributed by atoms with E-state index < -0.39 is 24.2 Å². The molecule has 40 heavy (non-hydrogen) atoms. The fourth-order valence-electron chi connectivity index (χ4n) is 5.03. The Labute approximate surface area is 234 Å². The van der Waals surface area contributed by atoms with Crippen LogP contribution in [-0.2, 0) is 20.9 Å². The second kappa shape index (κ2) is 13.6. The molecule has 8 nitrogen and oxygen atoms in total. The van der Waals surface area contributed by atoms with E-state index in [9.17, 15) is 19.5 Å². The molecule has 0 aliphatic heterocycles. The number of rotatable bonds is 12. The second-order valence-electron chi connectivity index (χ2n) is 10.2. The first-order valence-electron chi connectivity index (χ1n) is 13.7. The van der Waals surface area contributed by atoms with Gasteiger partial charge in [0.25, 0.3) is 0 Å². The highest BCUT2D eigenvalue weighted by Crippen LogP contribution is 2.44. The largest absolute Gasteiger partial charge is 0.480 e. The first kappa shape index (κ1) is 28.7. The number of nitrogens with one attached hydrogen (secondary N) is 1. The molecule has 4 rings (SSSR count). The van der Waals surface area contributed by atoms with Gasteiger partial charge in [0.2, 0.25) is 0 Å². The summed E-state index contributed by atoms with van der Waals surface area (Å²) in [6.45, 7) is 4.53. The summed E-state index contributed by atoms with van der Waals surface area (Å²) in [7, 11) is 0. The first-order valence-corrected chi connectivity index (χ1v) is 13.7. The van der Waals surface area contributed by atoms with Crippen molar-refractivity contribution in [3.05, 3.63) is 95.6 Å². The van der Waals surface area contributed by atoms with Gasteiger partial charge in [0.05, 0.1) is 0 Å². The summed E-state index contributed by atoms with van der Waals surface area (Å²) in [5.74, 6) is -1.23. The van der Waals surface area contributed by atoms with E-state index >= 15 is 0 Å². The number of hydrogen-bond acceptors (Lipinski definition) is 5. The lowest BCUT2D eigenvalue weighted by atomic mass is 9.98. The maximum absolute atomic E-state index is 12.6. The van der Waals surface area contributed by atoms with Crippen molar-refractivity contribution in [2.75, 3.05) is 13.2 Å². The van der Waals surface area contributed by atoms with Gasteiger partial charge in [0.1, 0.15) is 19.3 Å². The molecule has 8 heteroatoms. The van der Waals surface area contributed by atoms with Crippen molar-refractivity contribution in [3.63, 3.8) is 0 Å². The number of carbonyl (C=O) groups excluding carboxylic acids is 2.